The molecular weight excluding hydrogens is 400 g/mol. The second kappa shape index (κ2) is 10.6. The number of para-hydroxylation sites is 1. The van der Waals surface area contributed by atoms with Gasteiger partial charge in [-0.25, -0.2) is 8.42 Å². The summed E-state index contributed by atoms with van der Waals surface area (Å²) in [5.41, 5.74) is 0.515. The van der Waals surface area contributed by atoms with Crippen LogP contribution in [0.2, 0.25) is 0 Å². The summed E-state index contributed by atoms with van der Waals surface area (Å²) in [5.74, 6) is 0.749. The van der Waals surface area contributed by atoms with E-state index >= 15 is 0 Å². The van der Waals surface area contributed by atoms with Crippen LogP contribution in [0.15, 0.2) is 59.5 Å². The lowest BCUT2D eigenvalue weighted by molar-refractivity contribution is -0.122. The van der Waals surface area contributed by atoms with Gasteiger partial charge in [0, 0.05) is 18.8 Å². The van der Waals surface area contributed by atoms with E-state index in [4.69, 9.17) is 4.74 Å². The average molecular weight is 433 g/mol. The Kier molecular flexibility index (Phi) is 8.43. The highest BCUT2D eigenvalue weighted by molar-refractivity contribution is 7.89. The standard InChI is InChI=1S/C23H32N2O4S/c1-17(2)15-25(16-18(3)4)30(27,28)22-13-11-20(12-14-22)24-23(26)19(5)29-21-9-7-6-8-10-21/h6-14,17-19H,15-16H2,1-5H3,(H,24,26). The van der Waals surface area contributed by atoms with Crippen molar-refractivity contribution in [2.45, 2.75) is 45.6 Å². The number of hydrogen-bond donors (Lipinski definition) is 1. The molecule has 0 spiro atoms. The summed E-state index contributed by atoms with van der Waals surface area (Å²) in [6, 6.07) is 15.4. The fraction of sp³-hybridized carbons (Fsp3) is 0.435. The minimum atomic E-state index is -3.60. The molecule has 6 nitrogen and oxygen atoms in total. The fourth-order valence-electron chi connectivity index (χ4n) is 2.95. The zero-order valence-corrected chi connectivity index (χ0v) is 19.1. The van der Waals surface area contributed by atoms with Gasteiger partial charge < -0.3 is 10.1 Å². The summed E-state index contributed by atoms with van der Waals surface area (Å²) in [5, 5.41) is 2.76. The summed E-state index contributed by atoms with van der Waals surface area (Å²) in [6.07, 6.45) is -0.691. The number of benzene rings is 2. The maximum Gasteiger partial charge on any atom is 0.265 e. The van der Waals surface area contributed by atoms with Crippen molar-refractivity contribution in [1.82, 2.24) is 4.31 Å². The van der Waals surface area contributed by atoms with E-state index in [1.54, 1.807) is 31.2 Å². The molecule has 2 aromatic carbocycles. The molecule has 0 saturated carbocycles. The third-order valence-electron chi connectivity index (χ3n) is 4.32. The summed E-state index contributed by atoms with van der Waals surface area (Å²) in [7, 11) is -3.60. The number of nitrogens with one attached hydrogen (secondary N) is 1. The van der Waals surface area contributed by atoms with Gasteiger partial charge in [0.25, 0.3) is 5.91 Å². The van der Waals surface area contributed by atoms with Crippen LogP contribution in [0.1, 0.15) is 34.6 Å². The Hall–Kier alpha value is -2.38. The van der Waals surface area contributed by atoms with E-state index < -0.39 is 16.1 Å². The van der Waals surface area contributed by atoms with E-state index in [1.807, 2.05) is 45.9 Å². The van der Waals surface area contributed by atoms with Crippen molar-refractivity contribution in [3.63, 3.8) is 0 Å². The molecule has 1 atom stereocenters. The second-order valence-corrected chi connectivity index (χ2v) is 10.1. The lowest BCUT2D eigenvalue weighted by Crippen LogP contribution is -2.37. The van der Waals surface area contributed by atoms with Gasteiger partial charge in [-0.05, 0) is 55.2 Å². The van der Waals surface area contributed by atoms with Gasteiger partial charge >= 0.3 is 0 Å². The first kappa shape index (κ1) is 23.9. The Morgan fingerprint density at radius 3 is 1.93 bits per heavy atom. The first-order valence-corrected chi connectivity index (χ1v) is 11.7. The molecule has 0 aliphatic heterocycles. The van der Waals surface area contributed by atoms with E-state index in [9.17, 15) is 13.2 Å². The van der Waals surface area contributed by atoms with Gasteiger partial charge in [-0.2, -0.15) is 4.31 Å². The monoisotopic (exact) mass is 432 g/mol. The number of amides is 1. The van der Waals surface area contributed by atoms with Gasteiger partial charge in [-0.15, -0.1) is 0 Å². The van der Waals surface area contributed by atoms with E-state index in [-0.39, 0.29) is 22.6 Å². The Labute approximate surface area is 180 Å². The molecular formula is C23H32N2O4S. The van der Waals surface area contributed by atoms with Crippen molar-refractivity contribution in [3.05, 3.63) is 54.6 Å². The van der Waals surface area contributed by atoms with Gasteiger partial charge in [0.05, 0.1) is 4.90 Å². The topological polar surface area (TPSA) is 75.7 Å². The Balaban J connectivity index is 2.08. The molecule has 0 aliphatic carbocycles. The van der Waals surface area contributed by atoms with Crippen LogP contribution < -0.4 is 10.1 Å². The molecule has 164 valence electrons. The second-order valence-electron chi connectivity index (χ2n) is 8.20. The maximum absolute atomic E-state index is 13.1. The first-order chi connectivity index (χ1) is 14.1. The minimum Gasteiger partial charge on any atom is -0.481 e. The predicted molar refractivity (Wildman–Crippen MR) is 120 cm³/mol. The van der Waals surface area contributed by atoms with Crippen LogP contribution in [-0.4, -0.2) is 37.8 Å². The van der Waals surface area contributed by atoms with Crippen molar-refractivity contribution in [3.8, 4) is 5.75 Å². The predicted octanol–water partition coefficient (Wildman–Crippen LogP) is 4.40. The molecule has 1 unspecified atom stereocenters. The molecule has 1 N–H and O–H groups in total. The molecule has 7 heteroatoms. The molecule has 1 amide bonds. The van der Waals surface area contributed by atoms with Crippen LogP contribution in [0.5, 0.6) is 5.75 Å². The van der Waals surface area contributed by atoms with Crippen molar-refractivity contribution in [2.24, 2.45) is 11.8 Å². The molecule has 30 heavy (non-hydrogen) atoms. The first-order valence-electron chi connectivity index (χ1n) is 10.2. The van der Waals surface area contributed by atoms with Gasteiger partial charge in [0.1, 0.15) is 5.75 Å². The number of nitrogens with zero attached hydrogens (tertiary/aromatic N) is 1. The van der Waals surface area contributed by atoms with Crippen molar-refractivity contribution in [1.29, 1.82) is 0 Å². The quantitative estimate of drug-likeness (QED) is 0.604. The summed E-state index contributed by atoms with van der Waals surface area (Å²) in [6.45, 7) is 10.6. The highest BCUT2D eigenvalue weighted by Gasteiger charge is 2.26. The van der Waals surface area contributed by atoms with Crippen LogP contribution in [0, 0.1) is 11.8 Å². The molecule has 0 saturated heterocycles. The smallest absolute Gasteiger partial charge is 0.265 e. The Bertz CT molecular complexity index is 900. The number of carbonyl (C=O) groups excluding carboxylic acids is 1. The molecule has 2 rings (SSSR count). The third-order valence-corrected chi connectivity index (χ3v) is 6.17. The van der Waals surface area contributed by atoms with Gasteiger partial charge in [0.15, 0.2) is 6.10 Å². The molecule has 0 radical (unpaired) electrons. The fourth-order valence-corrected chi connectivity index (χ4v) is 4.71. The molecule has 0 aromatic heterocycles. The lowest BCUT2D eigenvalue weighted by Gasteiger charge is -2.25. The normalized spacial score (nSPS) is 12.9. The minimum absolute atomic E-state index is 0.218. The number of carbonyl (C=O) groups is 1. The highest BCUT2D eigenvalue weighted by atomic mass is 32.2. The average Bonchev–Trinajstić information content (AvgIpc) is 2.68. The lowest BCUT2D eigenvalue weighted by atomic mass is 10.2. The van der Waals surface area contributed by atoms with E-state index in [2.05, 4.69) is 5.32 Å². The van der Waals surface area contributed by atoms with Crippen molar-refractivity contribution < 1.29 is 17.9 Å². The van der Waals surface area contributed by atoms with Crippen molar-refractivity contribution in [2.75, 3.05) is 18.4 Å². The largest absolute Gasteiger partial charge is 0.481 e. The van der Waals surface area contributed by atoms with E-state index in [0.717, 1.165) is 0 Å². The number of anilines is 1. The maximum atomic E-state index is 13.1. The Morgan fingerprint density at radius 2 is 1.43 bits per heavy atom. The van der Waals surface area contributed by atoms with Crippen LogP contribution >= 0.6 is 0 Å². The van der Waals surface area contributed by atoms with Gasteiger partial charge in [0.2, 0.25) is 10.0 Å². The summed E-state index contributed by atoms with van der Waals surface area (Å²) < 4.78 is 33.3. The number of ether oxygens (including phenoxy) is 1. The Morgan fingerprint density at radius 1 is 0.900 bits per heavy atom. The number of rotatable bonds is 10. The number of hydrogen-bond acceptors (Lipinski definition) is 4. The summed E-state index contributed by atoms with van der Waals surface area (Å²) >= 11 is 0. The molecule has 0 fully saturated rings. The van der Waals surface area contributed by atoms with Crippen LogP contribution in [0.3, 0.4) is 0 Å². The van der Waals surface area contributed by atoms with Crippen LogP contribution in [0.4, 0.5) is 5.69 Å². The zero-order chi connectivity index (χ0) is 22.3. The third kappa shape index (κ3) is 6.85. The van der Waals surface area contributed by atoms with E-state index in [0.29, 0.717) is 24.5 Å². The highest BCUT2D eigenvalue weighted by Crippen LogP contribution is 2.21. The molecule has 0 bridgehead atoms. The van der Waals surface area contributed by atoms with Crippen molar-refractivity contribution >= 4 is 21.6 Å². The summed E-state index contributed by atoms with van der Waals surface area (Å²) in [4.78, 5) is 12.6. The number of sulfonamides is 1. The molecule has 0 heterocycles. The van der Waals surface area contributed by atoms with Crippen LogP contribution in [0.25, 0.3) is 0 Å². The van der Waals surface area contributed by atoms with E-state index in [1.165, 1.54) is 16.4 Å². The van der Waals surface area contributed by atoms with Gasteiger partial charge in [-0.1, -0.05) is 45.9 Å². The molecule has 0 aliphatic rings. The molecule has 2 aromatic rings. The van der Waals surface area contributed by atoms with Crippen LogP contribution in [-0.2, 0) is 14.8 Å². The SMILES string of the molecule is CC(C)CN(CC(C)C)S(=O)(=O)c1ccc(NC(=O)C(C)Oc2ccccc2)cc1. The zero-order valence-electron chi connectivity index (χ0n) is 18.3. The van der Waals surface area contributed by atoms with Gasteiger partial charge in [-0.3, -0.25) is 4.79 Å².